The molecule has 9 aromatic rings. The Balaban J connectivity index is 1.00. The van der Waals surface area contributed by atoms with Crippen molar-refractivity contribution < 1.29 is 0 Å². The van der Waals surface area contributed by atoms with E-state index in [9.17, 15) is 0 Å². The molecular formula is C54H39N5. The van der Waals surface area contributed by atoms with Gasteiger partial charge in [0.25, 0.3) is 0 Å². The van der Waals surface area contributed by atoms with Gasteiger partial charge in [0.1, 0.15) is 17.1 Å². The maximum atomic E-state index is 6.70. The van der Waals surface area contributed by atoms with Crippen molar-refractivity contribution in [1.29, 1.82) is 0 Å². The zero-order valence-corrected chi connectivity index (χ0v) is 32.3. The molecule has 59 heavy (non-hydrogen) atoms. The van der Waals surface area contributed by atoms with Crippen molar-refractivity contribution in [1.82, 2.24) is 9.55 Å². The number of amidine groups is 2. The number of imidazole rings is 1. The van der Waals surface area contributed by atoms with Crippen LogP contribution in [-0.2, 0) is 18.4 Å². The number of rotatable bonds is 7. The molecule has 1 aromatic heterocycles. The fourth-order valence-corrected chi connectivity index (χ4v) is 9.30. The van der Waals surface area contributed by atoms with Gasteiger partial charge in [-0.15, -0.1) is 0 Å². The van der Waals surface area contributed by atoms with Gasteiger partial charge in [0.05, 0.1) is 23.3 Å². The van der Waals surface area contributed by atoms with Gasteiger partial charge in [-0.25, -0.2) is 9.98 Å². The molecule has 0 saturated carbocycles. The van der Waals surface area contributed by atoms with Crippen LogP contribution in [0.1, 0.15) is 50.3 Å². The van der Waals surface area contributed by atoms with Gasteiger partial charge in [0.2, 0.25) is 0 Å². The predicted octanol–water partition coefficient (Wildman–Crippen LogP) is 11.3. The molecule has 0 unspecified atom stereocenters. The fourth-order valence-electron chi connectivity index (χ4n) is 9.30. The van der Waals surface area contributed by atoms with E-state index in [1.165, 1.54) is 50.1 Å². The summed E-state index contributed by atoms with van der Waals surface area (Å²) in [6.45, 7) is 0.440. The van der Waals surface area contributed by atoms with Crippen LogP contribution in [0, 0.1) is 0 Å². The van der Waals surface area contributed by atoms with E-state index in [2.05, 4.69) is 174 Å². The predicted molar refractivity (Wildman–Crippen MR) is 240 cm³/mol. The average Bonchev–Trinajstić information content (AvgIpc) is 3.97. The third kappa shape index (κ3) is 5.65. The van der Waals surface area contributed by atoms with Gasteiger partial charge in [-0.1, -0.05) is 176 Å². The summed E-state index contributed by atoms with van der Waals surface area (Å²) in [4.78, 5) is 15.7. The average molecular weight is 758 g/mol. The van der Waals surface area contributed by atoms with E-state index in [4.69, 9.17) is 20.7 Å². The van der Waals surface area contributed by atoms with Crippen LogP contribution in [0.3, 0.4) is 0 Å². The summed E-state index contributed by atoms with van der Waals surface area (Å²) in [5, 5.41) is 0. The topological polar surface area (TPSA) is 68.6 Å². The Morgan fingerprint density at radius 3 is 2.00 bits per heavy atom. The van der Waals surface area contributed by atoms with E-state index in [0.717, 1.165) is 45.7 Å². The van der Waals surface area contributed by atoms with Gasteiger partial charge in [0.15, 0.2) is 5.84 Å². The molecule has 1 aliphatic heterocycles. The number of fused-ring (bicyclic) bond motifs is 8. The van der Waals surface area contributed by atoms with Crippen molar-refractivity contribution in [2.45, 2.75) is 18.4 Å². The minimum absolute atomic E-state index is 0.409. The lowest BCUT2D eigenvalue weighted by Gasteiger charge is -2.30. The number of aliphatic imine (C=N–C) groups is 2. The molecule has 5 heteroatoms. The summed E-state index contributed by atoms with van der Waals surface area (Å²) in [5.41, 5.74) is 23.4. The number of nitrogens with zero attached hydrogens (tertiary/aromatic N) is 4. The van der Waals surface area contributed by atoms with Crippen molar-refractivity contribution in [2.75, 3.05) is 0 Å². The first-order chi connectivity index (χ1) is 29.2. The summed E-state index contributed by atoms with van der Waals surface area (Å²) in [6.07, 6.45) is 0.952. The van der Waals surface area contributed by atoms with Crippen molar-refractivity contribution in [3.63, 3.8) is 0 Å². The van der Waals surface area contributed by atoms with E-state index < -0.39 is 5.41 Å². The number of para-hydroxylation sites is 1. The van der Waals surface area contributed by atoms with E-state index in [1.54, 1.807) is 0 Å². The number of hydrogen-bond donors (Lipinski definition) is 1. The van der Waals surface area contributed by atoms with Crippen LogP contribution in [0.25, 0.3) is 39.0 Å². The summed E-state index contributed by atoms with van der Waals surface area (Å²) >= 11 is 0. The van der Waals surface area contributed by atoms with Gasteiger partial charge in [-0.2, -0.15) is 0 Å². The zero-order chi connectivity index (χ0) is 39.3. The summed E-state index contributed by atoms with van der Waals surface area (Å²) in [7, 11) is 0. The van der Waals surface area contributed by atoms with Crippen molar-refractivity contribution in [2.24, 2.45) is 15.7 Å². The van der Waals surface area contributed by atoms with Crippen molar-refractivity contribution >= 4 is 22.7 Å². The van der Waals surface area contributed by atoms with Crippen LogP contribution in [0.4, 0.5) is 0 Å². The quantitative estimate of drug-likeness (QED) is 0.130. The second-order valence-electron chi connectivity index (χ2n) is 15.3. The fraction of sp³-hybridized carbons (Fsp3) is 0.0556. The maximum absolute atomic E-state index is 6.70. The van der Waals surface area contributed by atoms with Crippen LogP contribution in [0.15, 0.2) is 210 Å². The molecule has 5 nitrogen and oxygen atoms in total. The summed E-state index contributed by atoms with van der Waals surface area (Å²) < 4.78 is 2.33. The Labute approximate surface area is 343 Å². The lowest BCUT2D eigenvalue weighted by Crippen LogP contribution is -2.29. The minimum Gasteiger partial charge on any atom is -0.383 e. The molecule has 0 bridgehead atoms. The molecule has 0 saturated heterocycles. The third-order valence-electron chi connectivity index (χ3n) is 12.0. The highest BCUT2D eigenvalue weighted by Gasteiger charge is 2.49. The first kappa shape index (κ1) is 34.6. The number of hydrogen-bond acceptors (Lipinski definition) is 2. The molecule has 11 rings (SSSR count). The molecular weight excluding hydrogens is 719 g/mol. The molecule has 0 atom stereocenters. The Kier molecular flexibility index (Phi) is 8.26. The maximum Gasteiger partial charge on any atom is 0.157 e. The number of nitrogens with two attached hydrogens (primary N) is 1. The van der Waals surface area contributed by atoms with Gasteiger partial charge < -0.3 is 5.73 Å². The smallest absolute Gasteiger partial charge is 0.157 e. The molecule has 280 valence electrons. The highest BCUT2D eigenvalue weighted by molar-refractivity contribution is 6.11. The number of aromatic nitrogens is 2. The molecule has 0 spiro atoms. The summed E-state index contributed by atoms with van der Waals surface area (Å²) in [5.74, 6) is 1.93. The van der Waals surface area contributed by atoms with Gasteiger partial charge in [0, 0.05) is 11.1 Å². The monoisotopic (exact) mass is 757 g/mol. The standard InChI is InChI=1S/C54H39N5/c55-51(38-15-4-1-5-16-38)58-52(56-35-36-27-29-37(30-28-36)43-23-14-24-45-44-22-11-10-17-39(44)33-46(43)45)40-31-32-50-48(34-40)57-53-54(41-18-6-2-7-19-41,42-20-8-3-9-21-42)47-25-12-13-26-49(47)59(50)53/h1-32,34H,33,35H2,(H2,55,56,58). The molecule has 2 aliphatic rings. The molecule has 0 radical (unpaired) electrons. The summed E-state index contributed by atoms with van der Waals surface area (Å²) in [6, 6.07) is 70.6. The Bertz CT molecular complexity index is 3050. The molecule has 8 aromatic carbocycles. The third-order valence-corrected chi connectivity index (χ3v) is 12.0. The van der Waals surface area contributed by atoms with Crippen molar-refractivity contribution in [3.05, 3.63) is 251 Å². The molecule has 2 heterocycles. The second kappa shape index (κ2) is 14.1. The first-order valence-corrected chi connectivity index (χ1v) is 20.1. The van der Waals surface area contributed by atoms with E-state index in [0.29, 0.717) is 18.2 Å². The first-order valence-electron chi connectivity index (χ1n) is 20.1. The van der Waals surface area contributed by atoms with Crippen LogP contribution in [-0.4, -0.2) is 21.2 Å². The van der Waals surface area contributed by atoms with E-state index in [-0.39, 0.29) is 0 Å². The molecule has 0 fully saturated rings. The lowest BCUT2D eigenvalue weighted by atomic mass is 9.70. The van der Waals surface area contributed by atoms with E-state index >= 15 is 0 Å². The van der Waals surface area contributed by atoms with Gasteiger partial charge >= 0.3 is 0 Å². The minimum atomic E-state index is -0.610. The second-order valence-corrected chi connectivity index (χ2v) is 15.3. The van der Waals surface area contributed by atoms with E-state index in [1.807, 2.05) is 30.3 Å². The van der Waals surface area contributed by atoms with Crippen LogP contribution < -0.4 is 5.73 Å². The van der Waals surface area contributed by atoms with Crippen LogP contribution >= 0.6 is 0 Å². The Morgan fingerprint density at radius 2 is 1.24 bits per heavy atom. The molecule has 2 N–H and O–H groups in total. The lowest BCUT2D eigenvalue weighted by molar-refractivity contribution is 0.718. The number of benzene rings is 8. The Hall–Kier alpha value is -7.63. The highest BCUT2D eigenvalue weighted by atomic mass is 15.1. The van der Waals surface area contributed by atoms with Gasteiger partial charge in [-0.3, -0.25) is 9.56 Å². The van der Waals surface area contributed by atoms with Crippen LogP contribution in [0.2, 0.25) is 0 Å². The molecule has 0 amide bonds. The highest BCUT2D eigenvalue weighted by Crippen LogP contribution is 2.52. The normalized spacial score (nSPS) is 13.8. The Morgan fingerprint density at radius 1 is 0.593 bits per heavy atom. The largest absolute Gasteiger partial charge is 0.383 e. The molecule has 1 aliphatic carbocycles. The van der Waals surface area contributed by atoms with Crippen molar-refractivity contribution in [3.8, 4) is 27.9 Å². The van der Waals surface area contributed by atoms with Gasteiger partial charge in [-0.05, 0) is 86.3 Å². The zero-order valence-electron chi connectivity index (χ0n) is 32.3. The van der Waals surface area contributed by atoms with Crippen LogP contribution in [0.5, 0.6) is 0 Å². The SMILES string of the molecule is NC(=NC(=NCc1ccc(-c2cccc3c2Cc2ccccc2-3)cc1)c1ccc2c(c1)nc1n2-c2ccccc2C1(c1ccccc1)c1ccccc1)c1ccccc1.